The second-order valence-corrected chi connectivity index (χ2v) is 4.10. The van der Waals surface area contributed by atoms with Crippen molar-refractivity contribution < 1.29 is 32.4 Å². The second-order valence-electron chi connectivity index (χ2n) is 2.94. The minimum absolute atomic E-state index is 0.239. The van der Waals surface area contributed by atoms with E-state index in [1.54, 1.807) is 0 Å². The molecular formula is C8H4F3IN2O5. The first kappa shape index (κ1) is 15.4. The van der Waals surface area contributed by atoms with Crippen LogP contribution >= 0.6 is 22.6 Å². The van der Waals surface area contributed by atoms with Crippen LogP contribution in [-0.2, 0) is 4.74 Å². The zero-order valence-corrected chi connectivity index (χ0v) is 11.2. The lowest BCUT2D eigenvalue weighted by molar-refractivity contribution is -0.386. The second kappa shape index (κ2) is 5.54. The van der Waals surface area contributed by atoms with Gasteiger partial charge >= 0.3 is 18.0 Å². The molecule has 0 spiro atoms. The number of halogens is 4. The zero-order chi connectivity index (χ0) is 14.8. The van der Waals surface area contributed by atoms with E-state index in [9.17, 15) is 28.1 Å². The third-order valence-corrected chi connectivity index (χ3v) is 2.53. The van der Waals surface area contributed by atoms with Crippen LogP contribution in [0.3, 0.4) is 0 Å². The van der Waals surface area contributed by atoms with E-state index in [1.165, 1.54) is 22.6 Å². The third kappa shape index (κ3) is 3.90. The number of alkyl halides is 3. The fourth-order valence-corrected chi connectivity index (χ4v) is 1.79. The Morgan fingerprint density at radius 1 is 1.53 bits per heavy atom. The molecule has 1 heterocycles. The van der Waals surface area contributed by atoms with Crippen LogP contribution in [0.4, 0.5) is 18.9 Å². The summed E-state index contributed by atoms with van der Waals surface area (Å²) in [6.45, 7) is 0. The van der Waals surface area contributed by atoms with Crippen molar-refractivity contribution in [2.45, 2.75) is 6.36 Å². The van der Waals surface area contributed by atoms with Crippen LogP contribution in [0.5, 0.6) is 5.88 Å². The number of nitro groups is 1. The largest absolute Gasteiger partial charge is 0.574 e. The molecule has 0 saturated heterocycles. The van der Waals surface area contributed by atoms with Gasteiger partial charge in [-0.2, -0.15) is 4.98 Å². The quantitative estimate of drug-likeness (QED) is 0.339. The van der Waals surface area contributed by atoms with Gasteiger partial charge in [-0.3, -0.25) is 10.1 Å². The van der Waals surface area contributed by atoms with Gasteiger partial charge in [0.1, 0.15) is 0 Å². The molecule has 19 heavy (non-hydrogen) atoms. The molecule has 0 aliphatic carbocycles. The van der Waals surface area contributed by atoms with Gasteiger partial charge in [0.2, 0.25) is 11.6 Å². The van der Waals surface area contributed by atoms with Gasteiger partial charge in [-0.25, -0.2) is 4.79 Å². The molecule has 0 aliphatic rings. The first-order valence-corrected chi connectivity index (χ1v) is 5.42. The molecule has 0 bridgehead atoms. The van der Waals surface area contributed by atoms with Crippen molar-refractivity contribution in [3.05, 3.63) is 25.4 Å². The van der Waals surface area contributed by atoms with Gasteiger partial charge in [-0.15, -0.1) is 13.2 Å². The van der Waals surface area contributed by atoms with E-state index in [0.717, 1.165) is 7.11 Å². The van der Waals surface area contributed by atoms with E-state index < -0.39 is 34.5 Å². The number of pyridine rings is 1. The minimum Gasteiger partial charge on any atom is -0.464 e. The van der Waals surface area contributed by atoms with Crippen LogP contribution in [0.15, 0.2) is 6.07 Å². The van der Waals surface area contributed by atoms with Gasteiger partial charge in [0.05, 0.1) is 15.6 Å². The highest BCUT2D eigenvalue weighted by atomic mass is 127. The average molecular weight is 392 g/mol. The first-order chi connectivity index (χ1) is 8.65. The third-order valence-electron chi connectivity index (χ3n) is 1.70. The van der Waals surface area contributed by atoms with Crippen molar-refractivity contribution in [2.24, 2.45) is 0 Å². The van der Waals surface area contributed by atoms with E-state index in [1.807, 2.05) is 0 Å². The Morgan fingerprint density at radius 3 is 2.53 bits per heavy atom. The van der Waals surface area contributed by atoms with Gasteiger partial charge in [0.25, 0.3) is 0 Å². The summed E-state index contributed by atoms with van der Waals surface area (Å²) >= 11 is 1.39. The smallest absolute Gasteiger partial charge is 0.464 e. The highest BCUT2D eigenvalue weighted by molar-refractivity contribution is 14.1. The predicted octanol–water partition coefficient (Wildman–Crippen LogP) is 2.28. The van der Waals surface area contributed by atoms with Crippen LogP contribution in [0, 0.1) is 13.7 Å². The van der Waals surface area contributed by atoms with Crippen molar-refractivity contribution in [1.82, 2.24) is 4.98 Å². The van der Waals surface area contributed by atoms with Gasteiger partial charge < -0.3 is 9.47 Å². The van der Waals surface area contributed by atoms with E-state index in [0.29, 0.717) is 6.07 Å². The molecule has 7 nitrogen and oxygen atoms in total. The maximum atomic E-state index is 12.0. The lowest BCUT2D eigenvalue weighted by atomic mass is 10.3. The normalized spacial score (nSPS) is 11.0. The maximum absolute atomic E-state index is 12.0. The van der Waals surface area contributed by atoms with Crippen molar-refractivity contribution in [3.63, 3.8) is 0 Å². The molecule has 0 unspecified atom stereocenters. The molecule has 1 rings (SSSR count). The summed E-state index contributed by atoms with van der Waals surface area (Å²) in [6, 6.07) is 0.693. The van der Waals surface area contributed by atoms with Crippen molar-refractivity contribution in [2.75, 3.05) is 7.11 Å². The van der Waals surface area contributed by atoms with Gasteiger partial charge in [0.15, 0.2) is 0 Å². The fourth-order valence-electron chi connectivity index (χ4n) is 1.07. The average Bonchev–Trinajstić information content (AvgIpc) is 2.24. The molecular weight excluding hydrogens is 388 g/mol. The Balaban J connectivity index is 3.39. The van der Waals surface area contributed by atoms with E-state index in [4.69, 9.17) is 0 Å². The zero-order valence-electron chi connectivity index (χ0n) is 9.02. The van der Waals surface area contributed by atoms with Crippen molar-refractivity contribution in [1.29, 1.82) is 0 Å². The molecule has 0 aromatic carbocycles. The van der Waals surface area contributed by atoms with Crippen molar-refractivity contribution >= 4 is 34.2 Å². The number of rotatable bonds is 3. The number of esters is 1. The van der Waals surface area contributed by atoms with Crippen LogP contribution in [-0.4, -0.2) is 29.3 Å². The molecule has 1 aromatic heterocycles. The maximum Gasteiger partial charge on any atom is 0.574 e. The number of carbonyl (C=O) groups is 1. The SMILES string of the molecule is COC(=O)c1nc(OC(F)(F)F)cc(I)c1[N+](=O)[O-]. The molecule has 0 radical (unpaired) electrons. The molecule has 1 aromatic rings. The lowest BCUT2D eigenvalue weighted by Gasteiger charge is -2.09. The Bertz CT molecular complexity index is 534. The molecule has 11 heteroatoms. The highest BCUT2D eigenvalue weighted by Gasteiger charge is 2.34. The minimum atomic E-state index is -5.03. The molecule has 0 amide bonds. The molecule has 0 fully saturated rings. The predicted molar refractivity (Wildman–Crippen MR) is 61.6 cm³/mol. The van der Waals surface area contributed by atoms with Crippen LogP contribution in [0.2, 0.25) is 0 Å². The fraction of sp³-hybridized carbons (Fsp3) is 0.250. The summed E-state index contributed by atoms with van der Waals surface area (Å²) in [4.78, 5) is 24.2. The monoisotopic (exact) mass is 392 g/mol. The summed E-state index contributed by atoms with van der Waals surface area (Å²) < 4.78 is 43.6. The molecule has 0 N–H and O–H groups in total. The topological polar surface area (TPSA) is 91.6 Å². The first-order valence-electron chi connectivity index (χ1n) is 4.34. The Labute approximate surface area is 117 Å². The van der Waals surface area contributed by atoms with E-state index >= 15 is 0 Å². The number of ether oxygens (including phenoxy) is 2. The number of methoxy groups -OCH3 is 1. The molecule has 0 aliphatic heterocycles. The molecule has 0 saturated carbocycles. The van der Waals surface area contributed by atoms with Gasteiger partial charge in [0, 0.05) is 6.07 Å². The van der Waals surface area contributed by atoms with Crippen molar-refractivity contribution in [3.8, 4) is 5.88 Å². The van der Waals surface area contributed by atoms with Gasteiger partial charge in [-0.1, -0.05) is 0 Å². The number of nitrogens with zero attached hydrogens (tertiary/aromatic N) is 2. The summed E-state index contributed by atoms with van der Waals surface area (Å²) in [5.74, 6) is -2.22. The number of aromatic nitrogens is 1. The summed E-state index contributed by atoms with van der Waals surface area (Å²) in [5.41, 5.74) is -1.61. The summed E-state index contributed by atoms with van der Waals surface area (Å²) in [6.07, 6.45) is -5.03. The summed E-state index contributed by atoms with van der Waals surface area (Å²) in [5, 5.41) is 10.7. The molecule has 0 atom stereocenters. The number of hydrogen-bond acceptors (Lipinski definition) is 6. The Kier molecular flexibility index (Phi) is 4.49. The van der Waals surface area contributed by atoms with Crippen LogP contribution < -0.4 is 4.74 Å². The lowest BCUT2D eigenvalue weighted by Crippen LogP contribution is -2.19. The standard InChI is InChI=1S/C8H4F3IN2O5/c1-18-7(15)5-6(14(16)17)3(12)2-4(13-5)19-8(9,10)11/h2H,1H3. The van der Waals surface area contributed by atoms with Crippen LogP contribution in [0.25, 0.3) is 0 Å². The Hall–Kier alpha value is -1.66. The van der Waals surface area contributed by atoms with E-state index in [-0.39, 0.29) is 3.57 Å². The Morgan fingerprint density at radius 2 is 2.11 bits per heavy atom. The summed E-state index contributed by atoms with van der Waals surface area (Å²) in [7, 11) is 0.915. The highest BCUT2D eigenvalue weighted by Crippen LogP contribution is 2.30. The number of hydrogen-bond donors (Lipinski definition) is 0. The van der Waals surface area contributed by atoms with Gasteiger partial charge in [-0.05, 0) is 22.6 Å². The van der Waals surface area contributed by atoms with Crippen LogP contribution in [0.1, 0.15) is 10.5 Å². The number of carbonyl (C=O) groups excluding carboxylic acids is 1. The molecule has 104 valence electrons. The van der Waals surface area contributed by atoms with E-state index in [2.05, 4.69) is 14.5 Å².